The number of nitrogens with zero attached hydrogens (tertiary/aromatic N) is 6. The molecule has 0 aromatic carbocycles. The van der Waals surface area contributed by atoms with Crippen molar-refractivity contribution in [3.63, 3.8) is 0 Å². The molecule has 0 bridgehead atoms. The third-order valence-corrected chi connectivity index (χ3v) is 3.85. The second kappa shape index (κ2) is 10.2. The number of carbonyl (C=O) groups is 1. The van der Waals surface area contributed by atoms with Crippen molar-refractivity contribution in [1.82, 2.24) is 15.0 Å². The minimum atomic E-state index is 0.176. The monoisotopic (exact) mass is 353 g/mol. The van der Waals surface area contributed by atoms with Crippen LogP contribution >= 0.6 is 0 Å². The first-order valence-electron chi connectivity index (χ1n) is 8.80. The predicted molar refractivity (Wildman–Crippen MR) is 106 cm³/mol. The van der Waals surface area contributed by atoms with Crippen LogP contribution in [0.2, 0.25) is 0 Å². The zero-order valence-electron chi connectivity index (χ0n) is 15.4. The molecule has 0 atom stereocenters. The molecule has 0 aliphatic carbocycles. The first kappa shape index (κ1) is 19.5. The Balaban J connectivity index is 2.51. The Labute approximate surface area is 154 Å². The van der Waals surface area contributed by atoms with Crippen LogP contribution in [0.5, 0.6) is 0 Å². The number of unbranched alkanes of at least 4 members (excludes halogenated alkanes) is 1. The summed E-state index contributed by atoms with van der Waals surface area (Å²) in [5.74, 6) is 1.16. The van der Waals surface area contributed by atoms with E-state index in [1.54, 1.807) is 24.8 Å². The number of carbonyl (C=O) groups excluding carboxylic acids is 1. The lowest BCUT2D eigenvalue weighted by atomic mass is 10.3. The van der Waals surface area contributed by atoms with E-state index in [0.29, 0.717) is 17.5 Å². The van der Waals surface area contributed by atoms with E-state index in [9.17, 15) is 4.79 Å². The number of pyridine rings is 1. The van der Waals surface area contributed by atoms with Crippen LogP contribution in [-0.2, 0) is 4.79 Å². The van der Waals surface area contributed by atoms with Crippen LogP contribution in [0, 0.1) is 6.92 Å². The SMILES string of the molecule is [CH2]CCC=Nc1nc(N(CC)CC)ncc1N(CC=O)c1ccncc1. The predicted octanol–water partition coefficient (Wildman–Crippen LogP) is 3.37. The van der Waals surface area contributed by atoms with Gasteiger partial charge in [-0.2, -0.15) is 4.98 Å². The van der Waals surface area contributed by atoms with Gasteiger partial charge < -0.3 is 14.6 Å². The Hall–Kier alpha value is -2.83. The van der Waals surface area contributed by atoms with Crippen LogP contribution in [-0.4, -0.2) is 47.1 Å². The van der Waals surface area contributed by atoms with Gasteiger partial charge in [-0.3, -0.25) is 4.98 Å². The molecule has 0 unspecified atom stereocenters. The van der Waals surface area contributed by atoms with E-state index < -0.39 is 0 Å². The van der Waals surface area contributed by atoms with Crippen LogP contribution in [0.4, 0.5) is 23.1 Å². The lowest BCUT2D eigenvalue weighted by Crippen LogP contribution is -2.25. The number of hydrogen-bond acceptors (Lipinski definition) is 7. The van der Waals surface area contributed by atoms with Gasteiger partial charge in [0.25, 0.3) is 0 Å². The minimum absolute atomic E-state index is 0.176. The molecule has 0 fully saturated rings. The fourth-order valence-electron chi connectivity index (χ4n) is 2.49. The minimum Gasteiger partial charge on any atom is -0.341 e. The van der Waals surface area contributed by atoms with E-state index in [2.05, 4.69) is 45.6 Å². The van der Waals surface area contributed by atoms with Crippen LogP contribution in [0.3, 0.4) is 0 Å². The van der Waals surface area contributed by atoms with Gasteiger partial charge in [0.2, 0.25) is 5.95 Å². The summed E-state index contributed by atoms with van der Waals surface area (Å²) in [5.41, 5.74) is 1.51. The Bertz CT molecular complexity index is 715. The van der Waals surface area contributed by atoms with E-state index in [1.165, 1.54) is 0 Å². The fraction of sp³-hybridized carbons (Fsp3) is 0.368. The van der Waals surface area contributed by atoms with Gasteiger partial charge in [-0.25, -0.2) is 9.98 Å². The standard InChI is InChI=1S/C19H25N6O/c1-4-7-10-21-18-17(15-22-19(23-18)24(5-2)6-3)25(13-14-26)16-8-11-20-12-9-16/h8-12,14-15H,1,4-7,13H2,2-3H3. The van der Waals surface area contributed by atoms with Gasteiger partial charge in [-0.1, -0.05) is 6.92 Å². The maximum Gasteiger partial charge on any atom is 0.227 e. The van der Waals surface area contributed by atoms with Crippen molar-refractivity contribution in [3.05, 3.63) is 37.6 Å². The fourth-order valence-corrected chi connectivity index (χ4v) is 2.49. The molecule has 7 nitrogen and oxygen atoms in total. The molecule has 0 saturated carbocycles. The summed E-state index contributed by atoms with van der Waals surface area (Å²) in [4.78, 5) is 32.8. The lowest BCUT2D eigenvalue weighted by molar-refractivity contribution is -0.106. The van der Waals surface area contributed by atoms with Crippen molar-refractivity contribution in [2.24, 2.45) is 4.99 Å². The van der Waals surface area contributed by atoms with E-state index in [1.807, 2.05) is 17.0 Å². The molecule has 2 heterocycles. The Morgan fingerprint density at radius 1 is 1.23 bits per heavy atom. The molecule has 7 heteroatoms. The van der Waals surface area contributed by atoms with Crippen molar-refractivity contribution in [2.75, 3.05) is 29.4 Å². The highest BCUT2D eigenvalue weighted by atomic mass is 16.1. The summed E-state index contributed by atoms with van der Waals surface area (Å²) in [7, 11) is 0. The zero-order chi connectivity index (χ0) is 18.8. The molecular formula is C19H25N6O. The number of anilines is 3. The van der Waals surface area contributed by atoms with Gasteiger partial charge in [0.15, 0.2) is 5.82 Å². The van der Waals surface area contributed by atoms with Crippen molar-refractivity contribution in [1.29, 1.82) is 0 Å². The van der Waals surface area contributed by atoms with Crippen molar-refractivity contribution >= 4 is 35.6 Å². The van der Waals surface area contributed by atoms with Gasteiger partial charge in [0.1, 0.15) is 12.0 Å². The molecule has 2 aromatic rings. The van der Waals surface area contributed by atoms with Gasteiger partial charge in [0.05, 0.1) is 12.7 Å². The molecule has 2 aromatic heterocycles. The van der Waals surface area contributed by atoms with Crippen molar-refractivity contribution < 1.29 is 4.79 Å². The largest absolute Gasteiger partial charge is 0.341 e. The highest BCUT2D eigenvalue weighted by Gasteiger charge is 2.17. The summed E-state index contributed by atoms with van der Waals surface area (Å²) >= 11 is 0. The molecule has 0 aliphatic heterocycles. The first-order valence-corrected chi connectivity index (χ1v) is 8.80. The molecule has 0 saturated heterocycles. The number of hydrogen-bond donors (Lipinski definition) is 0. The molecule has 1 radical (unpaired) electrons. The van der Waals surface area contributed by atoms with Crippen LogP contribution in [0.1, 0.15) is 26.7 Å². The summed E-state index contributed by atoms with van der Waals surface area (Å²) in [6.07, 6.45) is 9.26. The zero-order valence-corrected chi connectivity index (χ0v) is 15.4. The number of aliphatic imine (C=N–C) groups is 1. The third-order valence-electron chi connectivity index (χ3n) is 3.85. The highest BCUT2D eigenvalue weighted by molar-refractivity contribution is 5.78. The topological polar surface area (TPSA) is 74.6 Å². The van der Waals surface area contributed by atoms with Crippen LogP contribution < -0.4 is 9.80 Å². The smallest absolute Gasteiger partial charge is 0.227 e. The lowest BCUT2D eigenvalue weighted by Gasteiger charge is -2.25. The summed E-state index contributed by atoms with van der Waals surface area (Å²) < 4.78 is 0. The molecule has 26 heavy (non-hydrogen) atoms. The Kier molecular flexibility index (Phi) is 7.67. The molecule has 0 amide bonds. The molecule has 0 N–H and O–H groups in total. The number of aromatic nitrogens is 3. The van der Waals surface area contributed by atoms with Gasteiger partial charge in [-0.05, 0) is 38.8 Å². The summed E-state index contributed by atoms with van der Waals surface area (Å²) in [6, 6.07) is 3.68. The normalized spacial score (nSPS) is 10.9. The average Bonchev–Trinajstić information content (AvgIpc) is 2.68. The van der Waals surface area contributed by atoms with E-state index in [4.69, 9.17) is 0 Å². The van der Waals surface area contributed by atoms with E-state index >= 15 is 0 Å². The second-order valence-electron chi connectivity index (χ2n) is 5.49. The first-order chi connectivity index (χ1) is 12.7. The maximum absolute atomic E-state index is 11.2. The van der Waals surface area contributed by atoms with E-state index in [0.717, 1.165) is 37.9 Å². The highest BCUT2D eigenvalue weighted by Crippen LogP contribution is 2.32. The molecule has 0 aliphatic rings. The van der Waals surface area contributed by atoms with Gasteiger partial charge in [-0.15, -0.1) is 0 Å². The molecule has 0 spiro atoms. The van der Waals surface area contributed by atoms with Gasteiger partial charge >= 0.3 is 0 Å². The van der Waals surface area contributed by atoms with Gasteiger partial charge in [0, 0.05) is 37.4 Å². The molecular weight excluding hydrogens is 328 g/mol. The van der Waals surface area contributed by atoms with Crippen LogP contribution in [0.15, 0.2) is 35.7 Å². The van der Waals surface area contributed by atoms with Crippen molar-refractivity contribution in [2.45, 2.75) is 26.7 Å². The molecule has 2 rings (SSSR count). The quantitative estimate of drug-likeness (QED) is 0.481. The number of aldehydes is 1. The second-order valence-corrected chi connectivity index (χ2v) is 5.49. The summed E-state index contributed by atoms with van der Waals surface area (Å²) in [6.45, 7) is 9.73. The third kappa shape index (κ3) is 4.84. The van der Waals surface area contributed by atoms with Crippen molar-refractivity contribution in [3.8, 4) is 0 Å². The Morgan fingerprint density at radius 3 is 2.58 bits per heavy atom. The van der Waals surface area contributed by atoms with Crippen LogP contribution in [0.25, 0.3) is 0 Å². The Morgan fingerprint density at radius 2 is 1.96 bits per heavy atom. The van der Waals surface area contributed by atoms with E-state index in [-0.39, 0.29) is 6.54 Å². The average molecular weight is 353 g/mol. The summed E-state index contributed by atoms with van der Waals surface area (Å²) in [5, 5.41) is 0. The molecule has 137 valence electrons. The number of rotatable bonds is 10. The maximum atomic E-state index is 11.2.